The van der Waals surface area contributed by atoms with Crippen molar-refractivity contribution in [2.24, 2.45) is 0 Å². The molecule has 0 radical (unpaired) electrons. The van der Waals surface area contributed by atoms with Crippen molar-refractivity contribution in [1.82, 2.24) is 5.32 Å². The average Bonchev–Trinajstić information content (AvgIpc) is 2.25. The Kier molecular flexibility index (Phi) is 4.25. The van der Waals surface area contributed by atoms with E-state index in [0.717, 1.165) is 12.1 Å². The van der Waals surface area contributed by atoms with Gasteiger partial charge in [-0.3, -0.25) is 4.79 Å². The molecule has 1 amide bonds. The Morgan fingerprint density at radius 1 is 1.41 bits per heavy atom. The first kappa shape index (κ1) is 13.2. The summed E-state index contributed by atoms with van der Waals surface area (Å²) in [5.74, 6) is -1.86. The molecule has 0 bridgehead atoms. The van der Waals surface area contributed by atoms with Gasteiger partial charge in [0.2, 0.25) is 5.91 Å². The average molecular weight is 243 g/mol. The van der Waals surface area contributed by atoms with E-state index in [4.69, 9.17) is 5.73 Å². The van der Waals surface area contributed by atoms with Crippen LogP contribution >= 0.6 is 0 Å². The Morgan fingerprint density at radius 3 is 2.35 bits per heavy atom. The Hall–Kier alpha value is -1.85. The Labute approximate surface area is 98.4 Å². The molecule has 17 heavy (non-hydrogen) atoms. The number of likely N-dealkylation sites (N-methyl/N-ethyl adjacent to an activating group) is 2. The van der Waals surface area contributed by atoms with Crippen LogP contribution in [0.5, 0.6) is 0 Å². The first-order chi connectivity index (χ1) is 7.99. The number of carbonyl (C=O) groups excluding carboxylic acids is 1. The third-order valence-electron chi connectivity index (χ3n) is 2.35. The zero-order valence-electron chi connectivity index (χ0n) is 9.76. The summed E-state index contributed by atoms with van der Waals surface area (Å²) < 4.78 is 27.2. The lowest BCUT2D eigenvalue weighted by molar-refractivity contribution is -0.119. The SMILES string of the molecule is CCN(CC(=O)NC)c1c(F)cc(N)cc1F. The van der Waals surface area contributed by atoms with Gasteiger partial charge in [-0.2, -0.15) is 0 Å². The predicted octanol–water partition coefficient (Wildman–Crippen LogP) is 1.12. The van der Waals surface area contributed by atoms with Gasteiger partial charge in [-0.05, 0) is 19.1 Å². The van der Waals surface area contributed by atoms with Gasteiger partial charge < -0.3 is 16.0 Å². The summed E-state index contributed by atoms with van der Waals surface area (Å²) in [6.45, 7) is 1.91. The second-order valence-electron chi connectivity index (χ2n) is 3.52. The molecule has 0 aliphatic carbocycles. The number of nitrogen functional groups attached to an aromatic ring is 1. The molecule has 0 aromatic heterocycles. The fourth-order valence-electron chi connectivity index (χ4n) is 1.49. The number of nitrogens with two attached hydrogens (primary N) is 1. The van der Waals surface area contributed by atoms with Crippen molar-refractivity contribution < 1.29 is 13.6 Å². The molecule has 0 unspecified atom stereocenters. The minimum Gasteiger partial charge on any atom is -0.399 e. The number of nitrogens with zero attached hydrogens (tertiary/aromatic N) is 1. The van der Waals surface area contributed by atoms with Crippen molar-refractivity contribution in [2.75, 3.05) is 30.8 Å². The fourth-order valence-corrected chi connectivity index (χ4v) is 1.49. The molecule has 0 heterocycles. The van der Waals surface area contributed by atoms with E-state index in [2.05, 4.69) is 5.32 Å². The number of benzene rings is 1. The van der Waals surface area contributed by atoms with Crippen LogP contribution in [0.15, 0.2) is 12.1 Å². The van der Waals surface area contributed by atoms with Crippen molar-refractivity contribution in [3.63, 3.8) is 0 Å². The fraction of sp³-hybridized carbons (Fsp3) is 0.364. The molecular formula is C11H15F2N3O. The molecule has 1 aromatic rings. The quantitative estimate of drug-likeness (QED) is 0.779. The number of anilines is 2. The molecule has 4 nitrogen and oxygen atoms in total. The molecule has 0 saturated carbocycles. The molecule has 94 valence electrons. The number of amides is 1. The first-order valence-corrected chi connectivity index (χ1v) is 5.19. The van der Waals surface area contributed by atoms with E-state index in [-0.39, 0.29) is 23.8 Å². The zero-order chi connectivity index (χ0) is 13.0. The second kappa shape index (κ2) is 5.47. The molecule has 0 spiro atoms. The number of halogens is 2. The van der Waals surface area contributed by atoms with E-state index in [9.17, 15) is 13.6 Å². The van der Waals surface area contributed by atoms with E-state index < -0.39 is 11.6 Å². The van der Waals surface area contributed by atoms with E-state index >= 15 is 0 Å². The van der Waals surface area contributed by atoms with Crippen molar-refractivity contribution in [2.45, 2.75) is 6.92 Å². The minimum absolute atomic E-state index is 0.0137. The third-order valence-corrected chi connectivity index (χ3v) is 2.35. The van der Waals surface area contributed by atoms with Gasteiger partial charge in [-0.15, -0.1) is 0 Å². The summed E-state index contributed by atoms with van der Waals surface area (Å²) in [5, 5.41) is 2.40. The highest BCUT2D eigenvalue weighted by Crippen LogP contribution is 2.25. The highest BCUT2D eigenvalue weighted by molar-refractivity contribution is 5.81. The Bertz CT molecular complexity index is 400. The van der Waals surface area contributed by atoms with E-state index in [1.165, 1.54) is 11.9 Å². The molecule has 0 fully saturated rings. The van der Waals surface area contributed by atoms with Crippen LogP contribution in [0.3, 0.4) is 0 Å². The summed E-state index contributed by atoms with van der Waals surface area (Å²) >= 11 is 0. The molecule has 1 rings (SSSR count). The maximum atomic E-state index is 13.6. The van der Waals surface area contributed by atoms with Gasteiger partial charge in [0, 0.05) is 19.3 Å². The summed E-state index contributed by atoms with van der Waals surface area (Å²) in [6.07, 6.45) is 0. The van der Waals surface area contributed by atoms with E-state index in [0.29, 0.717) is 6.54 Å². The molecular weight excluding hydrogens is 228 g/mol. The number of nitrogens with one attached hydrogen (secondary N) is 1. The largest absolute Gasteiger partial charge is 0.399 e. The number of hydrogen-bond donors (Lipinski definition) is 2. The highest BCUT2D eigenvalue weighted by Gasteiger charge is 2.18. The van der Waals surface area contributed by atoms with Gasteiger partial charge in [0.1, 0.15) is 5.69 Å². The molecule has 6 heteroatoms. The first-order valence-electron chi connectivity index (χ1n) is 5.19. The van der Waals surface area contributed by atoms with Crippen LogP contribution in [0.2, 0.25) is 0 Å². The monoisotopic (exact) mass is 243 g/mol. The van der Waals surface area contributed by atoms with Gasteiger partial charge >= 0.3 is 0 Å². The maximum Gasteiger partial charge on any atom is 0.239 e. The predicted molar refractivity (Wildman–Crippen MR) is 62.7 cm³/mol. The van der Waals surface area contributed by atoms with Gasteiger partial charge in [-0.1, -0.05) is 0 Å². The molecule has 0 aliphatic rings. The molecule has 1 aromatic carbocycles. The van der Waals surface area contributed by atoms with Crippen molar-refractivity contribution in [3.05, 3.63) is 23.8 Å². The van der Waals surface area contributed by atoms with Crippen LogP contribution in [-0.4, -0.2) is 26.0 Å². The van der Waals surface area contributed by atoms with Gasteiger partial charge in [-0.25, -0.2) is 8.78 Å². The van der Waals surface area contributed by atoms with Crippen molar-refractivity contribution in [3.8, 4) is 0 Å². The van der Waals surface area contributed by atoms with E-state index in [1.54, 1.807) is 6.92 Å². The van der Waals surface area contributed by atoms with Crippen LogP contribution in [0, 0.1) is 11.6 Å². The van der Waals surface area contributed by atoms with Crippen LogP contribution in [0.25, 0.3) is 0 Å². The van der Waals surface area contributed by atoms with E-state index in [1.807, 2.05) is 0 Å². The van der Waals surface area contributed by atoms with Gasteiger partial charge in [0.05, 0.1) is 6.54 Å². The number of carbonyl (C=O) groups is 1. The Morgan fingerprint density at radius 2 is 1.94 bits per heavy atom. The van der Waals surface area contributed by atoms with Gasteiger partial charge in [0.25, 0.3) is 0 Å². The molecule has 0 saturated heterocycles. The van der Waals surface area contributed by atoms with Crippen LogP contribution < -0.4 is 16.0 Å². The van der Waals surface area contributed by atoms with Gasteiger partial charge in [0.15, 0.2) is 11.6 Å². The zero-order valence-corrected chi connectivity index (χ0v) is 9.76. The van der Waals surface area contributed by atoms with Crippen molar-refractivity contribution in [1.29, 1.82) is 0 Å². The lowest BCUT2D eigenvalue weighted by atomic mass is 10.2. The molecule has 0 aliphatic heterocycles. The summed E-state index contributed by atoms with van der Waals surface area (Å²) in [7, 11) is 1.46. The highest BCUT2D eigenvalue weighted by atomic mass is 19.1. The lowest BCUT2D eigenvalue weighted by Gasteiger charge is -2.23. The van der Waals surface area contributed by atoms with Crippen LogP contribution in [-0.2, 0) is 4.79 Å². The number of hydrogen-bond acceptors (Lipinski definition) is 3. The van der Waals surface area contributed by atoms with Crippen LogP contribution in [0.4, 0.5) is 20.2 Å². The summed E-state index contributed by atoms with van der Waals surface area (Å²) in [5.41, 5.74) is 5.10. The number of rotatable bonds is 4. The normalized spacial score (nSPS) is 10.1. The van der Waals surface area contributed by atoms with Crippen molar-refractivity contribution >= 4 is 17.3 Å². The minimum atomic E-state index is -0.770. The lowest BCUT2D eigenvalue weighted by Crippen LogP contribution is -2.36. The summed E-state index contributed by atoms with van der Waals surface area (Å²) in [6, 6.07) is 2.07. The second-order valence-corrected chi connectivity index (χ2v) is 3.52. The smallest absolute Gasteiger partial charge is 0.239 e. The third kappa shape index (κ3) is 3.05. The maximum absolute atomic E-state index is 13.6. The topological polar surface area (TPSA) is 58.4 Å². The molecule has 0 atom stereocenters. The standard InChI is InChI=1S/C11H15F2N3O/c1-3-16(6-10(17)15-2)11-8(12)4-7(14)5-9(11)13/h4-5H,3,6,14H2,1-2H3,(H,15,17). The Balaban J connectivity index is 3.07. The molecule has 3 N–H and O–H groups in total. The van der Waals surface area contributed by atoms with Crippen LogP contribution in [0.1, 0.15) is 6.92 Å². The summed E-state index contributed by atoms with van der Waals surface area (Å²) in [4.78, 5) is 12.5.